The maximum absolute atomic E-state index is 11.4. The third kappa shape index (κ3) is 5.32. The first-order chi connectivity index (χ1) is 7.58. The number of hydrogen-bond acceptors (Lipinski definition) is 3. The van der Waals surface area contributed by atoms with E-state index in [0.717, 1.165) is 32.8 Å². The molecular weight excluding hydrogens is 206 g/mol. The molecule has 1 atom stereocenters. The Hall–Kier alpha value is -0.810. The fourth-order valence-electron chi connectivity index (χ4n) is 1.74. The summed E-state index contributed by atoms with van der Waals surface area (Å²) in [5, 5.41) is 5.74. The molecule has 16 heavy (non-hydrogen) atoms. The molecule has 1 fully saturated rings. The molecule has 1 unspecified atom stereocenters. The molecule has 0 radical (unpaired) electrons. The summed E-state index contributed by atoms with van der Waals surface area (Å²) in [5.41, 5.74) is 0. The third-order valence-corrected chi connectivity index (χ3v) is 2.43. The molecule has 2 N–H and O–H groups in total. The van der Waals surface area contributed by atoms with Crippen molar-refractivity contribution >= 4 is 6.03 Å². The molecule has 0 saturated carbocycles. The molecule has 1 saturated heterocycles. The summed E-state index contributed by atoms with van der Waals surface area (Å²) in [7, 11) is 0. The molecule has 1 aliphatic heterocycles. The molecule has 0 spiro atoms. The van der Waals surface area contributed by atoms with Crippen LogP contribution in [0.25, 0.3) is 0 Å². The van der Waals surface area contributed by atoms with Gasteiger partial charge in [-0.3, -0.25) is 4.90 Å². The summed E-state index contributed by atoms with van der Waals surface area (Å²) in [6.07, 6.45) is 0. The van der Waals surface area contributed by atoms with Crippen LogP contribution in [0.2, 0.25) is 0 Å². The van der Waals surface area contributed by atoms with Crippen molar-refractivity contribution in [2.24, 2.45) is 0 Å². The van der Waals surface area contributed by atoms with E-state index in [9.17, 15) is 4.79 Å². The predicted octanol–water partition coefficient (Wildman–Crippen LogP) is 0.415. The second-order valence-corrected chi connectivity index (χ2v) is 4.59. The highest BCUT2D eigenvalue weighted by atomic mass is 16.5. The molecule has 1 rings (SSSR count). The molecule has 2 amide bonds. The summed E-state index contributed by atoms with van der Waals surface area (Å²) >= 11 is 0. The van der Waals surface area contributed by atoms with Gasteiger partial charge >= 0.3 is 6.03 Å². The summed E-state index contributed by atoms with van der Waals surface area (Å²) in [4.78, 5) is 13.7. The number of hydrogen-bond donors (Lipinski definition) is 2. The molecule has 5 nitrogen and oxygen atoms in total. The molecule has 5 heteroatoms. The average molecular weight is 229 g/mol. The van der Waals surface area contributed by atoms with Crippen molar-refractivity contribution in [2.75, 3.05) is 32.8 Å². The molecule has 0 aromatic heterocycles. The lowest BCUT2D eigenvalue weighted by molar-refractivity contribution is 0.0349. The fraction of sp³-hybridized carbons (Fsp3) is 0.909. The van der Waals surface area contributed by atoms with E-state index in [4.69, 9.17) is 4.74 Å². The number of carbonyl (C=O) groups is 1. The summed E-state index contributed by atoms with van der Waals surface area (Å²) < 4.78 is 5.27. The van der Waals surface area contributed by atoms with E-state index < -0.39 is 0 Å². The van der Waals surface area contributed by atoms with Crippen LogP contribution in [0.4, 0.5) is 4.79 Å². The van der Waals surface area contributed by atoms with Gasteiger partial charge in [0.15, 0.2) is 0 Å². The lowest BCUT2D eigenvalue weighted by Gasteiger charge is -2.29. The van der Waals surface area contributed by atoms with Gasteiger partial charge in [0.25, 0.3) is 0 Å². The summed E-state index contributed by atoms with van der Waals surface area (Å²) in [6.45, 7) is 10.3. The second kappa shape index (κ2) is 6.70. The van der Waals surface area contributed by atoms with Crippen LogP contribution < -0.4 is 10.6 Å². The van der Waals surface area contributed by atoms with Crippen molar-refractivity contribution in [3.63, 3.8) is 0 Å². The topological polar surface area (TPSA) is 53.6 Å². The van der Waals surface area contributed by atoms with Crippen molar-refractivity contribution in [1.29, 1.82) is 0 Å². The molecule has 1 aliphatic rings. The second-order valence-electron chi connectivity index (χ2n) is 4.59. The van der Waals surface area contributed by atoms with Crippen LogP contribution in [0, 0.1) is 0 Å². The monoisotopic (exact) mass is 229 g/mol. The number of carbonyl (C=O) groups excluding carboxylic acids is 1. The third-order valence-electron chi connectivity index (χ3n) is 2.43. The van der Waals surface area contributed by atoms with Crippen LogP contribution in [0.5, 0.6) is 0 Å². The first-order valence-corrected chi connectivity index (χ1v) is 5.95. The Balaban J connectivity index is 2.18. The van der Waals surface area contributed by atoms with Crippen molar-refractivity contribution in [2.45, 2.75) is 32.9 Å². The van der Waals surface area contributed by atoms with Crippen LogP contribution >= 0.6 is 0 Å². The first-order valence-electron chi connectivity index (χ1n) is 5.95. The molecule has 1 heterocycles. The summed E-state index contributed by atoms with van der Waals surface area (Å²) in [6, 6.07) is 0.253. The minimum Gasteiger partial charge on any atom is -0.379 e. The van der Waals surface area contributed by atoms with Crippen LogP contribution in [0.15, 0.2) is 0 Å². The molecule has 0 aromatic carbocycles. The zero-order chi connectivity index (χ0) is 12.0. The van der Waals surface area contributed by atoms with Gasteiger partial charge in [-0.05, 0) is 20.8 Å². The number of amides is 2. The number of nitrogens with one attached hydrogen (secondary N) is 2. The number of ether oxygens (including phenoxy) is 1. The van der Waals surface area contributed by atoms with E-state index in [-0.39, 0.29) is 18.1 Å². The van der Waals surface area contributed by atoms with Gasteiger partial charge in [0.05, 0.1) is 13.2 Å². The average Bonchev–Trinajstić information content (AvgIpc) is 2.17. The standard InChI is InChI=1S/C11H23N3O2/c1-9(2)12-11(15)13-10(3)8-14-4-6-16-7-5-14/h9-10H,4-8H2,1-3H3,(H2,12,13,15). The lowest BCUT2D eigenvalue weighted by atomic mass is 10.3. The largest absolute Gasteiger partial charge is 0.379 e. The lowest BCUT2D eigenvalue weighted by Crippen LogP contribution is -2.49. The Morgan fingerprint density at radius 3 is 2.44 bits per heavy atom. The van der Waals surface area contributed by atoms with Gasteiger partial charge in [0.2, 0.25) is 0 Å². The zero-order valence-electron chi connectivity index (χ0n) is 10.5. The predicted molar refractivity (Wildman–Crippen MR) is 63.5 cm³/mol. The van der Waals surface area contributed by atoms with Gasteiger partial charge in [-0.2, -0.15) is 0 Å². The van der Waals surface area contributed by atoms with E-state index in [1.54, 1.807) is 0 Å². The molecule has 0 aliphatic carbocycles. The van der Waals surface area contributed by atoms with Gasteiger partial charge in [-0.1, -0.05) is 0 Å². The van der Waals surface area contributed by atoms with Crippen LogP contribution in [0.1, 0.15) is 20.8 Å². The SMILES string of the molecule is CC(C)NC(=O)NC(C)CN1CCOCC1. The molecule has 0 bridgehead atoms. The van der Waals surface area contributed by atoms with E-state index in [1.807, 2.05) is 20.8 Å². The van der Waals surface area contributed by atoms with Crippen molar-refractivity contribution < 1.29 is 9.53 Å². The van der Waals surface area contributed by atoms with Gasteiger partial charge in [0.1, 0.15) is 0 Å². The maximum atomic E-state index is 11.4. The maximum Gasteiger partial charge on any atom is 0.315 e. The van der Waals surface area contributed by atoms with Crippen LogP contribution in [-0.4, -0.2) is 55.9 Å². The Bertz CT molecular complexity index is 215. The number of morpholine rings is 1. The normalized spacial score (nSPS) is 19.5. The van der Waals surface area contributed by atoms with Gasteiger partial charge in [-0.25, -0.2) is 4.79 Å². The Kier molecular flexibility index (Phi) is 5.55. The van der Waals surface area contributed by atoms with Crippen LogP contribution in [0.3, 0.4) is 0 Å². The Labute approximate surface area is 97.5 Å². The zero-order valence-corrected chi connectivity index (χ0v) is 10.5. The van der Waals surface area contributed by atoms with E-state index in [1.165, 1.54) is 0 Å². The van der Waals surface area contributed by atoms with Gasteiger partial charge < -0.3 is 15.4 Å². The highest BCUT2D eigenvalue weighted by Gasteiger charge is 2.15. The first kappa shape index (κ1) is 13.3. The van der Waals surface area contributed by atoms with E-state index in [0.29, 0.717) is 0 Å². The van der Waals surface area contributed by atoms with Crippen molar-refractivity contribution in [3.8, 4) is 0 Å². The number of nitrogens with zero attached hydrogens (tertiary/aromatic N) is 1. The Morgan fingerprint density at radius 2 is 1.88 bits per heavy atom. The van der Waals surface area contributed by atoms with Crippen molar-refractivity contribution in [1.82, 2.24) is 15.5 Å². The summed E-state index contributed by atoms with van der Waals surface area (Å²) in [5.74, 6) is 0. The minimum atomic E-state index is -0.0873. The van der Waals surface area contributed by atoms with Gasteiger partial charge in [0, 0.05) is 31.7 Å². The molecular formula is C11H23N3O2. The quantitative estimate of drug-likeness (QED) is 0.734. The highest BCUT2D eigenvalue weighted by Crippen LogP contribution is 1.98. The molecule has 0 aromatic rings. The number of rotatable bonds is 4. The van der Waals surface area contributed by atoms with E-state index >= 15 is 0 Å². The fourth-order valence-corrected chi connectivity index (χ4v) is 1.74. The van der Waals surface area contributed by atoms with Crippen LogP contribution in [-0.2, 0) is 4.74 Å². The van der Waals surface area contributed by atoms with E-state index in [2.05, 4.69) is 15.5 Å². The van der Waals surface area contributed by atoms with Gasteiger partial charge in [-0.15, -0.1) is 0 Å². The van der Waals surface area contributed by atoms with Crippen molar-refractivity contribution in [3.05, 3.63) is 0 Å². The minimum absolute atomic E-state index is 0.0873. The molecule has 94 valence electrons. The Morgan fingerprint density at radius 1 is 1.25 bits per heavy atom. The highest BCUT2D eigenvalue weighted by molar-refractivity contribution is 5.74. The number of urea groups is 1. The smallest absolute Gasteiger partial charge is 0.315 e.